The molecule has 3 N–H and O–H groups in total. The monoisotopic (exact) mass is 399 g/mol. The molecule has 0 radical (unpaired) electrons. The molecule has 0 heterocycles. The minimum Gasteiger partial charge on any atom is -0.444 e. The van der Waals surface area contributed by atoms with Crippen LogP contribution in [0.15, 0.2) is 0 Å². The van der Waals surface area contributed by atoms with Crippen LogP contribution in [0.25, 0.3) is 0 Å². The van der Waals surface area contributed by atoms with E-state index >= 15 is 0 Å². The van der Waals surface area contributed by atoms with Gasteiger partial charge in [0.15, 0.2) is 0 Å². The summed E-state index contributed by atoms with van der Waals surface area (Å²) in [6, 6.07) is -1.27. The predicted molar refractivity (Wildman–Crippen MR) is 96.3 cm³/mol. The molecule has 25 heavy (non-hydrogen) atoms. The molecule has 0 aliphatic rings. The predicted octanol–water partition coefficient (Wildman–Crippen LogP) is 1.19. The van der Waals surface area contributed by atoms with E-state index in [1.54, 1.807) is 25.5 Å². The molecule has 0 aromatic heterocycles. The molecule has 0 aromatic carbocycles. The van der Waals surface area contributed by atoms with E-state index < -0.39 is 43.4 Å². The summed E-state index contributed by atoms with van der Waals surface area (Å²) in [5, 5.41) is 2.28. The summed E-state index contributed by atoms with van der Waals surface area (Å²) in [7, 11) is -6.73. The number of ether oxygens (including phenoxy) is 1. The van der Waals surface area contributed by atoms with Gasteiger partial charge in [-0.25, -0.2) is 17.4 Å². The summed E-state index contributed by atoms with van der Waals surface area (Å²) in [5.74, 6) is -0.903. The molecule has 0 aliphatic heterocycles. The van der Waals surface area contributed by atoms with Crippen molar-refractivity contribution in [3.05, 3.63) is 0 Å². The molecule has 0 spiro atoms. The maximum Gasteiger partial charge on any atom is 0.408 e. The number of alkyl carbamates (subject to hydrolysis) is 1. The van der Waals surface area contributed by atoms with Gasteiger partial charge in [0.25, 0.3) is 5.91 Å². The van der Waals surface area contributed by atoms with Crippen molar-refractivity contribution >= 4 is 31.8 Å². The Hall–Kier alpha value is -1.36. The smallest absolute Gasteiger partial charge is 0.408 e. The summed E-state index contributed by atoms with van der Waals surface area (Å²) >= 11 is 0. The van der Waals surface area contributed by atoms with Crippen LogP contribution in [-0.4, -0.2) is 54.0 Å². The van der Waals surface area contributed by atoms with Crippen molar-refractivity contribution in [3.8, 4) is 0 Å². The van der Waals surface area contributed by atoms with Crippen LogP contribution in [0.3, 0.4) is 0 Å². The molecule has 148 valence electrons. The molecule has 0 rings (SSSR count). The second-order valence-electron chi connectivity index (χ2n) is 6.80. The number of rotatable bonds is 9. The van der Waals surface area contributed by atoms with Crippen molar-refractivity contribution in [2.24, 2.45) is 0 Å². The van der Waals surface area contributed by atoms with Crippen LogP contribution in [0.2, 0.25) is 0 Å². The lowest BCUT2D eigenvalue weighted by Gasteiger charge is -2.23. The van der Waals surface area contributed by atoms with E-state index in [0.29, 0.717) is 6.42 Å². The fourth-order valence-electron chi connectivity index (χ4n) is 1.76. The molecule has 1 unspecified atom stereocenters. The summed E-state index contributed by atoms with van der Waals surface area (Å²) in [6.45, 7) is 6.82. The normalized spacial score (nSPS) is 15.7. The molecule has 0 saturated carbocycles. The minimum absolute atomic E-state index is 0.132. The van der Waals surface area contributed by atoms with Gasteiger partial charge in [-0.3, -0.25) is 14.3 Å². The standard InChI is InChI=1S/C14H29N3O6S2/c1-6-7-9-25(15,22)10-8-11(12(18)17-24(5,20)21)16-13(19)23-14(2,3)4/h11,15H,6-10H2,1-5H3,(H,16,19)(H,17,18)/t11-,25?/m0/s1. The molecular weight excluding hydrogens is 370 g/mol. The van der Waals surface area contributed by atoms with Crippen molar-refractivity contribution in [1.29, 1.82) is 4.78 Å². The Morgan fingerprint density at radius 1 is 1.16 bits per heavy atom. The van der Waals surface area contributed by atoms with E-state index in [1.165, 1.54) is 0 Å². The summed E-state index contributed by atoms with van der Waals surface area (Å²) in [5.41, 5.74) is -0.800. The fourth-order valence-corrected chi connectivity index (χ4v) is 3.84. The number of nitrogens with one attached hydrogen (secondary N) is 3. The Labute approximate surface area is 150 Å². The summed E-state index contributed by atoms with van der Waals surface area (Å²) < 4.78 is 49.2. The Kier molecular flexibility index (Phi) is 8.86. The molecule has 0 saturated heterocycles. The van der Waals surface area contributed by atoms with Gasteiger partial charge in [-0.1, -0.05) is 13.3 Å². The van der Waals surface area contributed by atoms with Gasteiger partial charge in [0.1, 0.15) is 11.6 Å². The fraction of sp³-hybridized carbons (Fsp3) is 0.857. The van der Waals surface area contributed by atoms with Crippen LogP contribution in [0.4, 0.5) is 4.79 Å². The first-order valence-electron chi connectivity index (χ1n) is 7.90. The van der Waals surface area contributed by atoms with Gasteiger partial charge in [0.05, 0.1) is 6.26 Å². The third-order valence-corrected chi connectivity index (χ3v) is 5.27. The zero-order valence-corrected chi connectivity index (χ0v) is 17.0. The lowest BCUT2D eigenvalue weighted by Crippen LogP contribution is -2.50. The zero-order valence-electron chi connectivity index (χ0n) is 15.4. The number of amides is 2. The van der Waals surface area contributed by atoms with Gasteiger partial charge in [-0.15, -0.1) is 0 Å². The van der Waals surface area contributed by atoms with Crippen molar-refractivity contribution in [2.75, 3.05) is 17.8 Å². The Balaban J connectivity index is 5.07. The molecule has 0 aromatic rings. The van der Waals surface area contributed by atoms with E-state index in [-0.39, 0.29) is 17.9 Å². The van der Waals surface area contributed by atoms with Crippen molar-refractivity contribution in [3.63, 3.8) is 0 Å². The number of sulfonamides is 1. The Bertz CT molecular complexity index is 665. The molecule has 0 aliphatic carbocycles. The molecule has 11 heteroatoms. The molecular formula is C14H29N3O6S2. The number of hydrogen-bond donors (Lipinski definition) is 3. The van der Waals surface area contributed by atoms with Crippen LogP contribution >= 0.6 is 0 Å². The lowest BCUT2D eigenvalue weighted by atomic mass is 10.2. The largest absolute Gasteiger partial charge is 0.444 e. The maximum absolute atomic E-state index is 12.1. The van der Waals surface area contributed by atoms with Crippen LogP contribution in [0.1, 0.15) is 47.0 Å². The van der Waals surface area contributed by atoms with E-state index in [4.69, 9.17) is 9.52 Å². The highest BCUT2D eigenvalue weighted by Crippen LogP contribution is 2.09. The Morgan fingerprint density at radius 3 is 2.16 bits per heavy atom. The van der Waals surface area contributed by atoms with Crippen molar-refractivity contribution in [2.45, 2.75) is 58.6 Å². The first kappa shape index (κ1) is 23.6. The summed E-state index contributed by atoms with van der Waals surface area (Å²) in [4.78, 5) is 23.9. The maximum atomic E-state index is 12.1. The van der Waals surface area contributed by atoms with Gasteiger partial charge in [0, 0.05) is 21.2 Å². The highest BCUT2D eigenvalue weighted by atomic mass is 32.2. The lowest BCUT2D eigenvalue weighted by molar-refractivity contribution is -0.121. The molecule has 9 nitrogen and oxygen atoms in total. The zero-order chi connectivity index (χ0) is 19.9. The van der Waals surface area contributed by atoms with Gasteiger partial charge < -0.3 is 10.1 Å². The SMILES string of the molecule is CCCCS(=N)(=O)CC[C@H](NC(=O)OC(C)(C)C)C(=O)NS(C)(=O)=O. The molecule has 0 fully saturated rings. The summed E-state index contributed by atoms with van der Waals surface area (Å²) in [6.07, 6.45) is 1.18. The highest BCUT2D eigenvalue weighted by Gasteiger charge is 2.27. The second kappa shape index (κ2) is 9.37. The number of unbranched alkanes of at least 4 members (excludes halogenated alkanes) is 1. The van der Waals surface area contributed by atoms with Crippen LogP contribution in [0, 0.1) is 4.78 Å². The first-order chi connectivity index (χ1) is 11.2. The first-order valence-corrected chi connectivity index (χ1v) is 11.7. The van der Waals surface area contributed by atoms with E-state index in [9.17, 15) is 22.2 Å². The highest BCUT2D eigenvalue weighted by molar-refractivity contribution is 7.92. The topological polar surface area (TPSA) is 142 Å². The van der Waals surface area contributed by atoms with Gasteiger partial charge in [-0.2, -0.15) is 0 Å². The van der Waals surface area contributed by atoms with E-state index in [2.05, 4.69) is 5.32 Å². The number of hydrogen-bond acceptors (Lipinski definition) is 7. The van der Waals surface area contributed by atoms with Gasteiger partial charge in [0.2, 0.25) is 10.0 Å². The minimum atomic E-state index is -3.82. The third kappa shape index (κ3) is 12.6. The van der Waals surface area contributed by atoms with Crippen molar-refractivity contribution < 1.29 is 27.0 Å². The van der Waals surface area contributed by atoms with Crippen LogP contribution in [-0.2, 0) is 29.3 Å². The average molecular weight is 400 g/mol. The third-order valence-electron chi connectivity index (χ3n) is 2.86. The van der Waals surface area contributed by atoms with Gasteiger partial charge in [-0.05, 0) is 33.6 Å². The average Bonchev–Trinajstić information content (AvgIpc) is 2.37. The Morgan fingerprint density at radius 2 is 1.72 bits per heavy atom. The quantitative estimate of drug-likeness (QED) is 0.531. The van der Waals surface area contributed by atoms with Crippen LogP contribution < -0.4 is 10.0 Å². The molecule has 2 amide bonds. The van der Waals surface area contributed by atoms with E-state index in [0.717, 1.165) is 12.7 Å². The second-order valence-corrected chi connectivity index (χ2v) is 11.0. The van der Waals surface area contributed by atoms with Gasteiger partial charge >= 0.3 is 6.09 Å². The number of carbonyl (C=O) groups is 2. The van der Waals surface area contributed by atoms with E-state index in [1.807, 2.05) is 6.92 Å². The molecule has 0 bridgehead atoms. The molecule has 2 atom stereocenters. The van der Waals surface area contributed by atoms with Crippen LogP contribution in [0.5, 0.6) is 0 Å². The number of carbonyl (C=O) groups excluding carboxylic acids is 2. The van der Waals surface area contributed by atoms with Crippen molar-refractivity contribution in [1.82, 2.24) is 10.0 Å².